The molecule has 1 fully saturated rings. The van der Waals surface area contributed by atoms with Crippen LogP contribution in [0.15, 0.2) is 42.5 Å². The number of cyclic esters (lactones) is 1. The lowest BCUT2D eigenvalue weighted by molar-refractivity contribution is -0.119. The predicted molar refractivity (Wildman–Crippen MR) is 159 cm³/mol. The number of carbonyl (C=O) groups is 3. The maximum Gasteiger partial charge on any atom is 0.411 e. The third kappa shape index (κ3) is 6.40. The second-order valence-corrected chi connectivity index (χ2v) is 11.1. The maximum atomic E-state index is 14.7. The molecule has 44 heavy (non-hydrogen) atoms. The zero-order valence-corrected chi connectivity index (χ0v) is 25.0. The Bertz CT molecular complexity index is 1610. The predicted octanol–water partition coefficient (Wildman–Crippen LogP) is 7.25. The highest BCUT2D eigenvalue weighted by Gasteiger charge is 2.37. The number of nitrogens with zero attached hydrogens (tertiary/aromatic N) is 2. The van der Waals surface area contributed by atoms with Gasteiger partial charge in [-0.2, -0.15) is 0 Å². The molecule has 0 radical (unpaired) electrons. The fraction of sp³-hybridized carbons (Fsp3) is 0.355. The second-order valence-electron chi connectivity index (χ2n) is 10.6. The van der Waals surface area contributed by atoms with Crippen LogP contribution in [0.25, 0.3) is 11.1 Å². The molecule has 3 amide bonds. The van der Waals surface area contributed by atoms with Crippen molar-refractivity contribution in [1.82, 2.24) is 9.88 Å². The van der Waals surface area contributed by atoms with E-state index in [-0.39, 0.29) is 41.3 Å². The van der Waals surface area contributed by atoms with E-state index < -0.39 is 36.0 Å². The minimum atomic E-state index is -1.15. The third-order valence-corrected chi connectivity index (χ3v) is 8.13. The summed E-state index contributed by atoms with van der Waals surface area (Å²) in [5.74, 6) is -2.13. The molecule has 5 rings (SSSR count). The van der Waals surface area contributed by atoms with E-state index in [1.807, 2.05) is 0 Å². The summed E-state index contributed by atoms with van der Waals surface area (Å²) in [6, 6.07) is 10.1. The summed E-state index contributed by atoms with van der Waals surface area (Å²) in [7, 11) is 2.72. The third-order valence-electron chi connectivity index (χ3n) is 7.84. The number of amides is 3. The van der Waals surface area contributed by atoms with Gasteiger partial charge in [0.15, 0.2) is 5.82 Å². The number of aromatic nitrogens is 1. The van der Waals surface area contributed by atoms with E-state index in [9.17, 15) is 23.2 Å². The van der Waals surface area contributed by atoms with Gasteiger partial charge in [-0.15, -0.1) is 0 Å². The van der Waals surface area contributed by atoms with Crippen LogP contribution in [0.1, 0.15) is 56.0 Å². The van der Waals surface area contributed by atoms with Crippen LogP contribution in [0.4, 0.5) is 29.7 Å². The number of nitrogens with one attached hydrogen (secondary N) is 2. The number of fused-ring (bicyclic) bond motifs is 4. The van der Waals surface area contributed by atoms with Crippen LogP contribution in [0.5, 0.6) is 5.88 Å². The molecule has 3 aromatic rings. The number of hydrogen-bond donors (Lipinski definition) is 2. The number of pyridine rings is 1. The first-order valence-corrected chi connectivity index (χ1v) is 14.4. The molecule has 2 aliphatic rings. The minimum absolute atomic E-state index is 0.116. The topological polar surface area (TPSA) is 119 Å². The molecule has 3 unspecified atom stereocenters. The van der Waals surface area contributed by atoms with Gasteiger partial charge in [-0.25, -0.2) is 23.4 Å². The van der Waals surface area contributed by atoms with E-state index in [0.717, 1.165) is 12.1 Å². The summed E-state index contributed by atoms with van der Waals surface area (Å²) < 4.78 is 45.1. The van der Waals surface area contributed by atoms with Crippen molar-refractivity contribution >= 4 is 41.1 Å². The normalized spacial score (nSPS) is 20.3. The Morgan fingerprint density at radius 1 is 1.11 bits per heavy atom. The Morgan fingerprint density at radius 3 is 2.64 bits per heavy atom. The van der Waals surface area contributed by atoms with Crippen LogP contribution in [-0.4, -0.2) is 48.7 Å². The Morgan fingerprint density at radius 2 is 1.91 bits per heavy atom. The molecule has 10 nitrogen and oxygen atoms in total. The lowest BCUT2D eigenvalue weighted by atomic mass is 9.94. The number of benzene rings is 2. The number of halogens is 3. The van der Waals surface area contributed by atoms with Gasteiger partial charge in [0.25, 0.3) is 0 Å². The van der Waals surface area contributed by atoms with E-state index in [1.165, 1.54) is 19.1 Å². The summed E-state index contributed by atoms with van der Waals surface area (Å²) in [4.78, 5) is 44.6. The molecular formula is C31H31ClF2N4O6. The van der Waals surface area contributed by atoms with Crippen molar-refractivity contribution < 1.29 is 37.4 Å². The number of hydrogen-bond acceptors (Lipinski definition) is 7. The summed E-state index contributed by atoms with van der Waals surface area (Å²) in [6.07, 6.45) is -0.969. The van der Waals surface area contributed by atoms with Crippen LogP contribution < -0.4 is 15.4 Å². The molecule has 1 saturated heterocycles. The molecule has 0 saturated carbocycles. The highest BCUT2D eigenvalue weighted by molar-refractivity contribution is 6.30. The van der Waals surface area contributed by atoms with E-state index in [4.69, 9.17) is 25.8 Å². The Kier molecular flexibility index (Phi) is 9.19. The number of ether oxygens (including phenoxy) is 3. The average molecular weight is 629 g/mol. The number of methoxy groups -OCH3 is 2. The molecule has 13 heteroatoms. The average Bonchev–Trinajstić information content (AvgIpc) is 3.01. The van der Waals surface area contributed by atoms with Crippen molar-refractivity contribution in [3.8, 4) is 17.0 Å². The van der Waals surface area contributed by atoms with Gasteiger partial charge in [-0.05, 0) is 48.7 Å². The first-order chi connectivity index (χ1) is 21.1. The van der Waals surface area contributed by atoms with Crippen molar-refractivity contribution in [2.75, 3.05) is 31.4 Å². The van der Waals surface area contributed by atoms with Gasteiger partial charge < -0.3 is 19.5 Å². The lowest BCUT2D eigenvalue weighted by Gasteiger charge is -2.37. The lowest BCUT2D eigenvalue weighted by Crippen LogP contribution is -2.42. The van der Waals surface area contributed by atoms with Gasteiger partial charge in [0.1, 0.15) is 11.9 Å². The van der Waals surface area contributed by atoms with Crippen molar-refractivity contribution in [3.63, 3.8) is 0 Å². The van der Waals surface area contributed by atoms with Crippen molar-refractivity contribution in [1.29, 1.82) is 0 Å². The molecule has 0 spiro atoms. The van der Waals surface area contributed by atoms with E-state index in [1.54, 1.807) is 37.3 Å². The van der Waals surface area contributed by atoms with Gasteiger partial charge in [0, 0.05) is 36.2 Å². The maximum absolute atomic E-state index is 14.7. The van der Waals surface area contributed by atoms with E-state index >= 15 is 0 Å². The van der Waals surface area contributed by atoms with Gasteiger partial charge in [0.2, 0.25) is 11.8 Å². The Hall–Kier alpha value is -4.45. The molecule has 232 valence electrons. The first-order valence-electron chi connectivity index (χ1n) is 14.1. The van der Waals surface area contributed by atoms with E-state index in [2.05, 4.69) is 15.6 Å². The monoisotopic (exact) mass is 628 g/mol. The smallest absolute Gasteiger partial charge is 0.411 e. The van der Waals surface area contributed by atoms with Crippen molar-refractivity contribution in [2.24, 2.45) is 5.92 Å². The molecule has 2 N–H and O–H groups in total. The van der Waals surface area contributed by atoms with Crippen LogP contribution in [0.2, 0.25) is 5.02 Å². The number of rotatable bonds is 4. The fourth-order valence-electron chi connectivity index (χ4n) is 5.49. The van der Waals surface area contributed by atoms with Crippen LogP contribution >= 0.6 is 11.6 Å². The molecule has 3 heterocycles. The Labute approximate surface area is 257 Å². The molecular weight excluding hydrogens is 598 g/mol. The van der Waals surface area contributed by atoms with Gasteiger partial charge in [-0.1, -0.05) is 31.0 Å². The summed E-state index contributed by atoms with van der Waals surface area (Å²) in [5, 5.41) is 5.31. The molecule has 2 aromatic carbocycles. The molecule has 2 aliphatic heterocycles. The summed E-state index contributed by atoms with van der Waals surface area (Å²) in [5.41, 5.74) is 2.23. The zero-order chi connectivity index (χ0) is 31.5. The number of carbonyl (C=O) groups excluding carboxylic acids is 3. The Balaban J connectivity index is 1.54. The summed E-state index contributed by atoms with van der Waals surface area (Å²) in [6.45, 7) is 1.93. The molecule has 2 bridgehead atoms. The fourth-order valence-corrected chi connectivity index (χ4v) is 5.66. The first kappa shape index (κ1) is 31.0. The molecule has 3 atom stereocenters. The molecule has 1 aromatic heterocycles. The highest BCUT2D eigenvalue weighted by atomic mass is 35.5. The summed E-state index contributed by atoms with van der Waals surface area (Å²) >= 11 is 5.88. The van der Waals surface area contributed by atoms with E-state index in [0.29, 0.717) is 47.5 Å². The molecule has 0 aliphatic carbocycles. The zero-order valence-electron chi connectivity index (χ0n) is 24.3. The van der Waals surface area contributed by atoms with Gasteiger partial charge in [-0.3, -0.25) is 15.0 Å². The standard InChI is InChI=1S/C31H31ClF2N4O6/c1-16-5-4-6-24(38-12-11-25(44-31(38)41)27-21(33)10-9-20(32)28(27)34)23-13-17(14-26(36-23)42-2)19-8-7-18(35-30(40)43-3)15-22(19)37-29(16)39/h7-10,13-16,24-25H,4-6,11-12H2,1-3H3,(H,35,40)(H,37,39). The van der Waals surface area contributed by atoms with Crippen LogP contribution in [0, 0.1) is 17.6 Å². The largest absolute Gasteiger partial charge is 0.481 e. The van der Waals surface area contributed by atoms with Crippen molar-refractivity contribution in [3.05, 3.63) is 70.4 Å². The minimum Gasteiger partial charge on any atom is -0.481 e. The SMILES string of the molecule is COC(=O)Nc1ccc2c(c1)NC(=O)C(C)CCCC(N1CCC(c3c(F)ccc(Cl)c3F)OC1=O)c1cc-2cc(OC)n1. The van der Waals surface area contributed by atoms with Crippen LogP contribution in [-0.2, 0) is 14.3 Å². The highest BCUT2D eigenvalue weighted by Crippen LogP contribution is 2.40. The quantitative estimate of drug-likeness (QED) is 0.292. The second kappa shape index (κ2) is 13.0. The van der Waals surface area contributed by atoms with Gasteiger partial charge >= 0.3 is 12.2 Å². The van der Waals surface area contributed by atoms with Crippen molar-refractivity contribution in [2.45, 2.75) is 44.8 Å². The van der Waals surface area contributed by atoms with Gasteiger partial charge in [0.05, 0.1) is 42.2 Å². The van der Waals surface area contributed by atoms with Crippen LogP contribution in [0.3, 0.4) is 0 Å². The number of anilines is 2.